The Balaban J connectivity index is 2.63. The molecule has 0 spiro atoms. The van der Waals surface area contributed by atoms with Crippen LogP contribution in [0.1, 0.15) is 22.3 Å². The Morgan fingerprint density at radius 2 is 1.83 bits per heavy atom. The van der Waals surface area contributed by atoms with Crippen molar-refractivity contribution in [1.29, 1.82) is 0 Å². The predicted molar refractivity (Wildman–Crippen MR) is 72.4 cm³/mol. The number of nitrogens with one attached hydrogen (secondary N) is 1. The van der Waals surface area contributed by atoms with Crippen LogP contribution >= 0.6 is 0 Å². The number of aromatic nitrogens is 2. The van der Waals surface area contributed by atoms with E-state index in [0.717, 1.165) is 16.7 Å². The quantitative estimate of drug-likeness (QED) is 0.845. The highest BCUT2D eigenvalue weighted by molar-refractivity contribution is 5.65. The van der Waals surface area contributed by atoms with Gasteiger partial charge in [-0.3, -0.25) is 4.79 Å². The smallest absolute Gasteiger partial charge is 0.255 e. The second-order valence-electron chi connectivity index (χ2n) is 4.56. The van der Waals surface area contributed by atoms with Crippen molar-refractivity contribution < 1.29 is 0 Å². The standard InChI is InChI=1S/C14H17N3O/c1-8-4-9(2)12(10(3)5-8)13-16-7-11(6-15)14(18)17-13/h4-5,7H,6,15H2,1-3H3,(H,16,17,18). The van der Waals surface area contributed by atoms with Gasteiger partial charge >= 0.3 is 0 Å². The highest BCUT2D eigenvalue weighted by Crippen LogP contribution is 2.24. The van der Waals surface area contributed by atoms with E-state index < -0.39 is 0 Å². The van der Waals surface area contributed by atoms with E-state index in [1.165, 1.54) is 5.56 Å². The minimum atomic E-state index is -0.165. The maximum atomic E-state index is 11.8. The summed E-state index contributed by atoms with van der Waals surface area (Å²) < 4.78 is 0. The third-order valence-electron chi connectivity index (χ3n) is 3.01. The summed E-state index contributed by atoms with van der Waals surface area (Å²) in [7, 11) is 0. The van der Waals surface area contributed by atoms with Crippen LogP contribution in [0.25, 0.3) is 11.4 Å². The Labute approximate surface area is 106 Å². The molecule has 3 N–H and O–H groups in total. The first kappa shape index (κ1) is 12.5. The Bertz CT molecular complexity index is 621. The van der Waals surface area contributed by atoms with Gasteiger partial charge in [0.1, 0.15) is 5.82 Å². The zero-order chi connectivity index (χ0) is 13.3. The lowest BCUT2D eigenvalue weighted by molar-refractivity contribution is 0.977. The van der Waals surface area contributed by atoms with Gasteiger partial charge in [0.05, 0.1) is 0 Å². The number of benzene rings is 1. The first-order valence-electron chi connectivity index (χ1n) is 5.89. The lowest BCUT2D eigenvalue weighted by atomic mass is 9.99. The largest absolute Gasteiger partial charge is 0.326 e. The number of nitrogens with zero attached hydrogens (tertiary/aromatic N) is 1. The first-order chi connectivity index (χ1) is 8.52. The summed E-state index contributed by atoms with van der Waals surface area (Å²) in [6.07, 6.45) is 1.55. The molecule has 0 bridgehead atoms. The Hall–Kier alpha value is -1.94. The Kier molecular flexibility index (Phi) is 3.30. The van der Waals surface area contributed by atoms with E-state index in [1.807, 2.05) is 13.8 Å². The summed E-state index contributed by atoms with van der Waals surface area (Å²) in [6, 6.07) is 4.17. The molecule has 18 heavy (non-hydrogen) atoms. The molecule has 0 atom stereocenters. The molecule has 0 aliphatic rings. The molecule has 1 heterocycles. The topological polar surface area (TPSA) is 71.8 Å². The fraction of sp³-hybridized carbons (Fsp3) is 0.286. The molecule has 0 fully saturated rings. The van der Waals surface area contributed by atoms with Crippen molar-refractivity contribution >= 4 is 0 Å². The van der Waals surface area contributed by atoms with E-state index in [-0.39, 0.29) is 12.1 Å². The molecular formula is C14H17N3O. The van der Waals surface area contributed by atoms with E-state index in [9.17, 15) is 4.79 Å². The van der Waals surface area contributed by atoms with Gasteiger partial charge in [0, 0.05) is 23.9 Å². The van der Waals surface area contributed by atoms with Crippen LogP contribution in [0.5, 0.6) is 0 Å². The molecule has 4 heteroatoms. The van der Waals surface area contributed by atoms with Gasteiger partial charge in [-0.15, -0.1) is 0 Å². The van der Waals surface area contributed by atoms with Gasteiger partial charge < -0.3 is 10.7 Å². The summed E-state index contributed by atoms with van der Waals surface area (Å²) in [5.41, 5.74) is 10.2. The first-order valence-corrected chi connectivity index (χ1v) is 5.89. The maximum Gasteiger partial charge on any atom is 0.255 e. The van der Waals surface area contributed by atoms with Crippen molar-refractivity contribution in [2.24, 2.45) is 5.73 Å². The molecule has 0 saturated carbocycles. The Morgan fingerprint density at radius 1 is 1.22 bits per heavy atom. The average Bonchev–Trinajstić information content (AvgIpc) is 2.27. The minimum Gasteiger partial charge on any atom is -0.326 e. The molecule has 2 rings (SSSR count). The van der Waals surface area contributed by atoms with Crippen molar-refractivity contribution in [3.8, 4) is 11.4 Å². The van der Waals surface area contributed by atoms with Gasteiger partial charge in [-0.1, -0.05) is 17.7 Å². The van der Waals surface area contributed by atoms with Gasteiger partial charge in [-0.25, -0.2) is 4.98 Å². The van der Waals surface area contributed by atoms with Crippen molar-refractivity contribution in [3.05, 3.63) is 50.9 Å². The summed E-state index contributed by atoms with van der Waals surface area (Å²) >= 11 is 0. The number of aromatic amines is 1. The molecule has 0 amide bonds. The van der Waals surface area contributed by atoms with Crippen molar-refractivity contribution in [3.63, 3.8) is 0 Å². The molecule has 2 aromatic rings. The molecule has 0 aliphatic carbocycles. The van der Waals surface area contributed by atoms with E-state index in [1.54, 1.807) is 6.20 Å². The second kappa shape index (κ2) is 4.74. The van der Waals surface area contributed by atoms with Crippen LogP contribution in [-0.4, -0.2) is 9.97 Å². The normalized spacial score (nSPS) is 10.7. The molecule has 1 aromatic carbocycles. The Morgan fingerprint density at radius 3 is 2.33 bits per heavy atom. The minimum absolute atomic E-state index is 0.165. The molecule has 4 nitrogen and oxygen atoms in total. The van der Waals surface area contributed by atoms with Crippen LogP contribution < -0.4 is 11.3 Å². The van der Waals surface area contributed by atoms with Crippen LogP contribution in [-0.2, 0) is 6.54 Å². The fourth-order valence-electron chi connectivity index (χ4n) is 2.25. The van der Waals surface area contributed by atoms with Gasteiger partial charge in [0.2, 0.25) is 0 Å². The maximum absolute atomic E-state index is 11.8. The molecule has 94 valence electrons. The van der Waals surface area contributed by atoms with Crippen molar-refractivity contribution in [1.82, 2.24) is 9.97 Å². The van der Waals surface area contributed by atoms with E-state index >= 15 is 0 Å². The number of rotatable bonds is 2. The molecular weight excluding hydrogens is 226 g/mol. The van der Waals surface area contributed by atoms with Crippen molar-refractivity contribution in [2.45, 2.75) is 27.3 Å². The molecule has 0 radical (unpaired) electrons. The van der Waals surface area contributed by atoms with E-state index in [0.29, 0.717) is 11.4 Å². The van der Waals surface area contributed by atoms with Gasteiger partial charge in [0.15, 0.2) is 0 Å². The number of hydrogen-bond acceptors (Lipinski definition) is 3. The number of hydrogen-bond donors (Lipinski definition) is 2. The number of aryl methyl sites for hydroxylation is 3. The predicted octanol–water partition coefficient (Wildman–Crippen LogP) is 1.82. The number of nitrogens with two attached hydrogens (primary N) is 1. The SMILES string of the molecule is Cc1cc(C)c(-c2ncc(CN)c(=O)[nH]2)c(C)c1. The summed E-state index contributed by atoms with van der Waals surface area (Å²) in [5, 5.41) is 0. The van der Waals surface area contributed by atoms with Crippen LogP contribution in [0, 0.1) is 20.8 Å². The van der Waals surface area contributed by atoms with E-state index in [2.05, 4.69) is 29.0 Å². The van der Waals surface area contributed by atoms with Gasteiger partial charge in [0.25, 0.3) is 5.56 Å². The van der Waals surface area contributed by atoms with Crippen molar-refractivity contribution in [2.75, 3.05) is 0 Å². The lowest BCUT2D eigenvalue weighted by Gasteiger charge is -2.10. The zero-order valence-corrected chi connectivity index (χ0v) is 10.9. The van der Waals surface area contributed by atoms with Crippen LogP contribution in [0.15, 0.2) is 23.1 Å². The summed E-state index contributed by atoms with van der Waals surface area (Å²) in [5.74, 6) is 0.604. The van der Waals surface area contributed by atoms with Crippen LogP contribution in [0.3, 0.4) is 0 Å². The average molecular weight is 243 g/mol. The monoisotopic (exact) mass is 243 g/mol. The molecule has 1 aromatic heterocycles. The second-order valence-corrected chi connectivity index (χ2v) is 4.56. The number of H-pyrrole nitrogens is 1. The third-order valence-corrected chi connectivity index (χ3v) is 3.01. The highest BCUT2D eigenvalue weighted by Gasteiger charge is 2.09. The third kappa shape index (κ3) is 2.19. The molecule has 0 aliphatic heterocycles. The molecule has 0 saturated heterocycles. The molecule has 0 unspecified atom stereocenters. The summed E-state index contributed by atoms with van der Waals surface area (Å²) in [4.78, 5) is 18.9. The lowest BCUT2D eigenvalue weighted by Crippen LogP contribution is -2.17. The highest BCUT2D eigenvalue weighted by atomic mass is 16.1. The van der Waals surface area contributed by atoms with E-state index in [4.69, 9.17) is 5.73 Å². The zero-order valence-electron chi connectivity index (χ0n) is 10.9. The van der Waals surface area contributed by atoms with Crippen LogP contribution in [0.2, 0.25) is 0 Å². The van der Waals surface area contributed by atoms with Gasteiger partial charge in [-0.05, 0) is 31.9 Å². The fourth-order valence-corrected chi connectivity index (χ4v) is 2.25. The van der Waals surface area contributed by atoms with Crippen LogP contribution in [0.4, 0.5) is 0 Å². The summed E-state index contributed by atoms with van der Waals surface area (Å²) in [6.45, 7) is 6.30. The van der Waals surface area contributed by atoms with Gasteiger partial charge in [-0.2, -0.15) is 0 Å².